The molecule has 0 bridgehead atoms. The third-order valence-electron chi connectivity index (χ3n) is 6.02. The molecular formula is C22H28FN3O2S. The van der Waals surface area contributed by atoms with E-state index in [1.165, 1.54) is 62.4 Å². The topological polar surface area (TPSA) is 59.2 Å². The van der Waals surface area contributed by atoms with E-state index in [1.807, 2.05) is 0 Å². The number of aromatic nitrogens is 2. The molecule has 0 aliphatic heterocycles. The Morgan fingerprint density at radius 1 is 1.03 bits per heavy atom. The molecule has 2 aromatic rings. The summed E-state index contributed by atoms with van der Waals surface area (Å²) in [4.78, 5) is 15.4. The average molecular weight is 418 g/mol. The Morgan fingerprint density at radius 3 is 2.31 bits per heavy atom. The summed E-state index contributed by atoms with van der Waals surface area (Å²) in [6, 6.07) is 6.83. The van der Waals surface area contributed by atoms with Crippen LogP contribution in [0.2, 0.25) is 0 Å². The van der Waals surface area contributed by atoms with Gasteiger partial charge >= 0.3 is 0 Å². The molecule has 7 heteroatoms. The lowest BCUT2D eigenvalue weighted by Crippen LogP contribution is -2.49. The van der Waals surface area contributed by atoms with Crippen molar-refractivity contribution in [2.75, 3.05) is 5.75 Å². The summed E-state index contributed by atoms with van der Waals surface area (Å²) < 4.78 is 19.1. The molecule has 1 heterocycles. The predicted octanol–water partition coefficient (Wildman–Crippen LogP) is 5.46. The second-order valence-electron chi connectivity index (χ2n) is 8.06. The highest BCUT2D eigenvalue weighted by Crippen LogP contribution is 2.31. The van der Waals surface area contributed by atoms with E-state index < -0.39 is 0 Å². The number of thioether (sulfide) groups is 1. The molecule has 0 unspecified atom stereocenters. The largest absolute Gasteiger partial charge is 0.411 e. The van der Waals surface area contributed by atoms with Crippen LogP contribution >= 0.6 is 11.8 Å². The summed E-state index contributed by atoms with van der Waals surface area (Å²) in [6.07, 6.45) is 11.9. The minimum Gasteiger partial charge on any atom is -0.411 e. The lowest BCUT2D eigenvalue weighted by atomic mass is 9.88. The van der Waals surface area contributed by atoms with Crippen LogP contribution in [0.1, 0.15) is 64.2 Å². The summed E-state index contributed by atoms with van der Waals surface area (Å²) in [5.41, 5.74) is 0.543. The van der Waals surface area contributed by atoms with E-state index in [9.17, 15) is 9.18 Å². The molecule has 1 aromatic heterocycles. The number of hydrogen-bond acceptors (Lipinski definition) is 5. The molecule has 0 spiro atoms. The Balaban J connectivity index is 1.41. The normalized spacial score (nSPS) is 18.7. The first-order chi connectivity index (χ1) is 14.2. The quantitative estimate of drug-likeness (QED) is 0.584. The molecule has 0 N–H and O–H groups in total. The average Bonchev–Trinajstić information content (AvgIpc) is 3.23. The lowest BCUT2D eigenvalue weighted by Gasteiger charge is -2.41. The first-order valence-corrected chi connectivity index (χ1v) is 11.7. The van der Waals surface area contributed by atoms with Crippen molar-refractivity contribution < 1.29 is 13.6 Å². The first kappa shape index (κ1) is 20.4. The van der Waals surface area contributed by atoms with Gasteiger partial charge in [-0.1, -0.05) is 56.4 Å². The molecule has 4 rings (SSSR count). The monoisotopic (exact) mass is 417 g/mol. The zero-order valence-electron chi connectivity index (χ0n) is 16.7. The highest BCUT2D eigenvalue weighted by molar-refractivity contribution is 7.99. The van der Waals surface area contributed by atoms with E-state index in [1.54, 1.807) is 12.1 Å². The summed E-state index contributed by atoms with van der Waals surface area (Å²) >= 11 is 1.28. The van der Waals surface area contributed by atoms with Gasteiger partial charge in [-0.2, -0.15) is 0 Å². The lowest BCUT2D eigenvalue weighted by molar-refractivity contribution is -0.135. The van der Waals surface area contributed by atoms with Crippen LogP contribution in [-0.2, 0) is 4.79 Å². The third kappa shape index (κ3) is 5.18. The smallest absolute Gasteiger partial charge is 0.277 e. The highest BCUT2D eigenvalue weighted by atomic mass is 32.2. The van der Waals surface area contributed by atoms with Crippen molar-refractivity contribution in [3.05, 3.63) is 30.1 Å². The zero-order valence-corrected chi connectivity index (χ0v) is 17.5. The maximum atomic E-state index is 13.4. The van der Waals surface area contributed by atoms with Crippen molar-refractivity contribution in [3.63, 3.8) is 0 Å². The van der Waals surface area contributed by atoms with E-state index in [0.29, 0.717) is 28.6 Å². The summed E-state index contributed by atoms with van der Waals surface area (Å²) in [5, 5.41) is 8.38. The number of rotatable bonds is 6. The van der Waals surface area contributed by atoms with Gasteiger partial charge in [-0.3, -0.25) is 4.79 Å². The molecule has 2 saturated carbocycles. The van der Waals surface area contributed by atoms with E-state index in [4.69, 9.17) is 4.42 Å². The van der Waals surface area contributed by atoms with Gasteiger partial charge in [0.1, 0.15) is 5.82 Å². The molecule has 0 atom stereocenters. The zero-order chi connectivity index (χ0) is 20.1. The van der Waals surface area contributed by atoms with E-state index in [0.717, 1.165) is 25.7 Å². The van der Waals surface area contributed by atoms with Crippen molar-refractivity contribution in [2.24, 2.45) is 0 Å². The molecule has 29 heavy (non-hydrogen) atoms. The van der Waals surface area contributed by atoms with Crippen LogP contribution in [0.3, 0.4) is 0 Å². The van der Waals surface area contributed by atoms with Crippen LogP contribution in [0.25, 0.3) is 11.5 Å². The van der Waals surface area contributed by atoms with Crippen LogP contribution in [0.5, 0.6) is 0 Å². The fraction of sp³-hybridized carbons (Fsp3) is 0.591. The van der Waals surface area contributed by atoms with Crippen molar-refractivity contribution in [2.45, 2.75) is 81.5 Å². The van der Waals surface area contributed by atoms with Crippen molar-refractivity contribution in [1.29, 1.82) is 0 Å². The second-order valence-corrected chi connectivity index (χ2v) is 8.98. The second kappa shape index (κ2) is 9.74. The predicted molar refractivity (Wildman–Crippen MR) is 111 cm³/mol. The molecule has 2 fully saturated rings. The number of carbonyl (C=O) groups is 1. The third-order valence-corrected chi connectivity index (χ3v) is 6.82. The van der Waals surface area contributed by atoms with Crippen LogP contribution in [0, 0.1) is 5.82 Å². The van der Waals surface area contributed by atoms with Gasteiger partial charge < -0.3 is 9.32 Å². The van der Waals surface area contributed by atoms with E-state index >= 15 is 0 Å². The SMILES string of the molecule is O=C(CSc1nnc(-c2cccc(F)c2)o1)N(C1CCCCC1)C1CCCCC1. The maximum absolute atomic E-state index is 13.4. The van der Waals surface area contributed by atoms with Crippen LogP contribution in [-0.4, -0.2) is 38.8 Å². The van der Waals surface area contributed by atoms with Gasteiger partial charge in [0.2, 0.25) is 11.8 Å². The van der Waals surface area contributed by atoms with Crippen LogP contribution < -0.4 is 0 Å². The molecule has 1 amide bonds. The summed E-state index contributed by atoms with van der Waals surface area (Å²) in [6.45, 7) is 0. The Hall–Kier alpha value is -1.89. The number of hydrogen-bond donors (Lipinski definition) is 0. The van der Waals surface area contributed by atoms with E-state index in [-0.39, 0.29) is 17.6 Å². The number of benzene rings is 1. The first-order valence-electron chi connectivity index (χ1n) is 10.7. The molecule has 0 radical (unpaired) electrons. The minimum absolute atomic E-state index is 0.180. The fourth-order valence-electron chi connectivity index (χ4n) is 4.63. The van der Waals surface area contributed by atoms with Crippen molar-refractivity contribution in [1.82, 2.24) is 15.1 Å². The Labute approximate surface area is 175 Å². The Bertz CT molecular complexity index is 798. The highest BCUT2D eigenvalue weighted by Gasteiger charge is 2.32. The number of amides is 1. The molecule has 1 aromatic carbocycles. The van der Waals surface area contributed by atoms with Gasteiger partial charge in [-0.05, 0) is 43.9 Å². The van der Waals surface area contributed by atoms with Gasteiger partial charge in [0.05, 0.1) is 5.75 Å². The number of nitrogens with zero attached hydrogens (tertiary/aromatic N) is 3. The Morgan fingerprint density at radius 2 is 1.69 bits per heavy atom. The van der Waals surface area contributed by atoms with Gasteiger partial charge in [-0.25, -0.2) is 4.39 Å². The summed E-state index contributed by atoms with van der Waals surface area (Å²) in [5.74, 6) is 0.411. The number of carbonyl (C=O) groups excluding carboxylic acids is 1. The van der Waals surface area contributed by atoms with Gasteiger partial charge in [0.15, 0.2) is 0 Å². The number of halogens is 1. The molecule has 2 aliphatic carbocycles. The standard InChI is InChI=1S/C22H28FN3O2S/c23-17-9-7-8-16(14-17)21-24-25-22(28-21)29-15-20(27)26(18-10-3-1-4-11-18)19-12-5-2-6-13-19/h7-9,14,18-19H,1-6,10-13,15H2. The molecule has 156 valence electrons. The van der Waals surface area contributed by atoms with Crippen LogP contribution in [0.4, 0.5) is 4.39 Å². The molecule has 2 aliphatic rings. The van der Waals surface area contributed by atoms with Crippen molar-refractivity contribution in [3.8, 4) is 11.5 Å². The van der Waals surface area contributed by atoms with Gasteiger partial charge in [-0.15, -0.1) is 10.2 Å². The molecule has 5 nitrogen and oxygen atoms in total. The maximum Gasteiger partial charge on any atom is 0.277 e. The van der Waals surface area contributed by atoms with Crippen LogP contribution in [0.15, 0.2) is 33.9 Å². The van der Waals surface area contributed by atoms with Gasteiger partial charge in [0, 0.05) is 17.6 Å². The Kier molecular flexibility index (Phi) is 6.85. The summed E-state index contributed by atoms with van der Waals surface area (Å²) in [7, 11) is 0. The van der Waals surface area contributed by atoms with Crippen molar-refractivity contribution >= 4 is 17.7 Å². The minimum atomic E-state index is -0.347. The fourth-order valence-corrected chi connectivity index (χ4v) is 5.26. The molecular weight excluding hydrogens is 389 g/mol. The molecule has 0 saturated heterocycles. The van der Waals surface area contributed by atoms with Gasteiger partial charge in [0.25, 0.3) is 5.22 Å². The van der Waals surface area contributed by atoms with E-state index in [2.05, 4.69) is 15.1 Å².